The van der Waals surface area contributed by atoms with Crippen LogP contribution in [0.25, 0.3) is 0 Å². The van der Waals surface area contributed by atoms with Gasteiger partial charge in [0.15, 0.2) is 0 Å². The first kappa shape index (κ1) is 16.6. The molecule has 110 valence electrons. The van der Waals surface area contributed by atoms with E-state index in [2.05, 4.69) is 15.4 Å². The summed E-state index contributed by atoms with van der Waals surface area (Å²) in [5.41, 5.74) is 6.00. The van der Waals surface area contributed by atoms with Crippen LogP contribution in [0.2, 0.25) is 0 Å². The van der Waals surface area contributed by atoms with Crippen molar-refractivity contribution in [3.8, 4) is 0 Å². The van der Waals surface area contributed by atoms with Gasteiger partial charge in [-0.1, -0.05) is 12.1 Å². The average Bonchev–Trinajstić information content (AvgIpc) is 2.47. The van der Waals surface area contributed by atoms with Crippen molar-refractivity contribution in [1.82, 2.24) is 10.9 Å². The van der Waals surface area contributed by atoms with Crippen molar-refractivity contribution in [2.24, 2.45) is 10.9 Å². The van der Waals surface area contributed by atoms with Gasteiger partial charge in [-0.3, -0.25) is 5.43 Å². The monoisotopic (exact) mass is 317 g/mol. The molecule has 0 heterocycles. The number of benzene rings is 1. The molecule has 1 rings (SSSR count). The third-order valence-electron chi connectivity index (χ3n) is 2.48. The molecule has 4 N–H and O–H groups in total. The second-order valence-electron chi connectivity index (χ2n) is 3.80. The first-order valence-electron chi connectivity index (χ1n) is 5.98. The molecule has 1 aromatic carbocycles. The number of halogens is 2. The number of carbonyl (C=O) groups is 1. The molecule has 0 aliphatic rings. The number of hydrogen-bond acceptors (Lipinski definition) is 4. The molecule has 0 bridgehead atoms. The fourth-order valence-corrected chi connectivity index (χ4v) is 1.95. The summed E-state index contributed by atoms with van der Waals surface area (Å²) in [4.78, 5) is 12.9. The van der Waals surface area contributed by atoms with E-state index in [4.69, 9.17) is 29.0 Å². The second kappa shape index (κ2) is 9.41. The molecule has 8 heteroatoms. The number of hydrogen-bond donors (Lipinski definition) is 3. The first-order valence-corrected chi connectivity index (χ1v) is 7.04. The molecule has 1 aromatic rings. The fraction of sp³-hybridized carbons (Fsp3) is 0.333. The lowest BCUT2D eigenvalue weighted by Crippen LogP contribution is -2.37. The molecule has 0 saturated carbocycles. The van der Waals surface area contributed by atoms with Crippen LogP contribution in [-0.2, 0) is 0 Å². The lowest BCUT2D eigenvalue weighted by atomic mass is 10.2. The molecule has 0 saturated heterocycles. The molecule has 0 spiro atoms. The van der Waals surface area contributed by atoms with E-state index in [9.17, 15) is 4.79 Å². The Morgan fingerprint density at radius 3 is 2.35 bits per heavy atom. The van der Waals surface area contributed by atoms with E-state index in [1.54, 1.807) is 0 Å². The summed E-state index contributed by atoms with van der Waals surface area (Å²) in [7, 11) is 0. The maximum absolute atomic E-state index is 10.8. The Morgan fingerprint density at radius 2 is 1.85 bits per heavy atom. The highest BCUT2D eigenvalue weighted by Gasteiger charge is 2.04. The van der Waals surface area contributed by atoms with Gasteiger partial charge in [0.1, 0.15) is 0 Å². The lowest BCUT2D eigenvalue weighted by Gasteiger charge is -2.22. The number of nitrogens with one attached hydrogen (secondary N) is 2. The molecule has 6 nitrogen and oxygen atoms in total. The van der Waals surface area contributed by atoms with Crippen molar-refractivity contribution >= 4 is 41.1 Å². The standard InChI is InChI=1S/C12H17Cl2N5O/c13-5-7-19(8-6-14)11-3-1-10(2-4-11)9-16-18-12(20)17-15/h1-4,9H,5-8,15H2,(H2,17,18,20)/b16-9+. The maximum atomic E-state index is 10.8. The molecule has 0 aromatic heterocycles. The number of hydrazine groups is 1. The normalized spacial score (nSPS) is 10.6. The second-order valence-corrected chi connectivity index (χ2v) is 4.56. The number of urea groups is 1. The Labute approximate surface area is 127 Å². The van der Waals surface area contributed by atoms with Gasteiger partial charge in [-0.25, -0.2) is 16.1 Å². The maximum Gasteiger partial charge on any atom is 0.349 e. The highest BCUT2D eigenvalue weighted by atomic mass is 35.5. The van der Waals surface area contributed by atoms with Gasteiger partial charge in [0.25, 0.3) is 0 Å². The summed E-state index contributed by atoms with van der Waals surface area (Å²) in [6.45, 7) is 1.47. The topological polar surface area (TPSA) is 82.7 Å². The minimum absolute atomic E-state index is 0.540. The van der Waals surface area contributed by atoms with Crippen molar-refractivity contribution in [3.05, 3.63) is 29.8 Å². The largest absolute Gasteiger partial charge is 0.369 e. The van der Waals surface area contributed by atoms with Crippen molar-refractivity contribution in [1.29, 1.82) is 0 Å². The molecule has 0 aliphatic carbocycles. The zero-order valence-electron chi connectivity index (χ0n) is 10.9. The Bertz CT molecular complexity index is 432. The third-order valence-corrected chi connectivity index (χ3v) is 2.82. The summed E-state index contributed by atoms with van der Waals surface area (Å²) in [6.07, 6.45) is 1.52. The molecular formula is C12H17Cl2N5O. The number of amides is 2. The minimum Gasteiger partial charge on any atom is -0.369 e. The van der Waals surface area contributed by atoms with Gasteiger partial charge in [0.2, 0.25) is 0 Å². The zero-order valence-corrected chi connectivity index (χ0v) is 12.4. The Morgan fingerprint density at radius 1 is 1.25 bits per heavy atom. The minimum atomic E-state index is -0.576. The van der Waals surface area contributed by atoms with Crippen LogP contribution in [-0.4, -0.2) is 37.1 Å². The van der Waals surface area contributed by atoms with Gasteiger partial charge in [0, 0.05) is 30.5 Å². The van der Waals surface area contributed by atoms with E-state index in [1.807, 2.05) is 29.7 Å². The number of rotatable bonds is 7. The Kier molecular flexibility index (Phi) is 7.79. The molecule has 2 amide bonds. The molecule has 0 aliphatic heterocycles. The van der Waals surface area contributed by atoms with Crippen LogP contribution in [0.15, 0.2) is 29.4 Å². The van der Waals surface area contributed by atoms with Gasteiger partial charge >= 0.3 is 6.03 Å². The highest BCUT2D eigenvalue weighted by Crippen LogP contribution is 2.14. The number of hydrazone groups is 1. The Balaban J connectivity index is 2.64. The van der Waals surface area contributed by atoms with Crippen molar-refractivity contribution in [2.45, 2.75) is 0 Å². The predicted octanol–water partition coefficient (Wildman–Crippen LogP) is 1.48. The quantitative estimate of drug-likeness (QED) is 0.234. The van der Waals surface area contributed by atoms with Gasteiger partial charge in [0.05, 0.1) is 6.21 Å². The molecule has 0 unspecified atom stereocenters. The average molecular weight is 318 g/mol. The van der Waals surface area contributed by atoms with Gasteiger partial charge in [-0.15, -0.1) is 23.2 Å². The van der Waals surface area contributed by atoms with Crippen molar-refractivity contribution in [3.63, 3.8) is 0 Å². The van der Waals surface area contributed by atoms with Crippen LogP contribution in [0.4, 0.5) is 10.5 Å². The van der Waals surface area contributed by atoms with Crippen LogP contribution in [0.1, 0.15) is 5.56 Å². The Hall–Kier alpha value is -1.50. The van der Waals surface area contributed by atoms with Crippen molar-refractivity contribution < 1.29 is 4.79 Å². The van der Waals surface area contributed by atoms with E-state index in [1.165, 1.54) is 6.21 Å². The van der Waals surface area contributed by atoms with E-state index in [0.717, 1.165) is 24.3 Å². The summed E-state index contributed by atoms with van der Waals surface area (Å²) in [6, 6.07) is 7.09. The van der Waals surface area contributed by atoms with E-state index in [0.29, 0.717) is 11.8 Å². The highest BCUT2D eigenvalue weighted by molar-refractivity contribution is 6.18. The third kappa shape index (κ3) is 5.64. The van der Waals surface area contributed by atoms with Gasteiger partial charge in [-0.05, 0) is 17.7 Å². The molecule has 20 heavy (non-hydrogen) atoms. The SMILES string of the molecule is NNC(=O)N/N=C/c1ccc(N(CCCl)CCCl)cc1. The van der Waals surface area contributed by atoms with Crippen LogP contribution in [0.3, 0.4) is 0 Å². The van der Waals surface area contributed by atoms with Crippen LogP contribution in [0, 0.1) is 0 Å². The molecule has 0 fully saturated rings. The number of nitrogens with two attached hydrogens (primary N) is 1. The summed E-state index contributed by atoms with van der Waals surface area (Å²) < 4.78 is 0. The molecule has 0 radical (unpaired) electrons. The van der Waals surface area contributed by atoms with E-state index in [-0.39, 0.29) is 0 Å². The molecular weight excluding hydrogens is 301 g/mol. The van der Waals surface area contributed by atoms with Gasteiger partial charge in [-0.2, -0.15) is 5.10 Å². The number of anilines is 1. The molecule has 0 atom stereocenters. The fourth-order valence-electron chi connectivity index (χ4n) is 1.54. The van der Waals surface area contributed by atoms with Crippen molar-refractivity contribution in [2.75, 3.05) is 29.7 Å². The van der Waals surface area contributed by atoms with Crippen LogP contribution in [0.5, 0.6) is 0 Å². The summed E-state index contributed by atoms with van der Waals surface area (Å²) in [5.74, 6) is 5.98. The summed E-state index contributed by atoms with van der Waals surface area (Å²) in [5, 5.41) is 3.74. The predicted molar refractivity (Wildman–Crippen MR) is 83.5 cm³/mol. The number of nitrogens with zero attached hydrogens (tertiary/aromatic N) is 2. The number of alkyl halides is 2. The smallest absolute Gasteiger partial charge is 0.349 e. The zero-order chi connectivity index (χ0) is 14.8. The van der Waals surface area contributed by atoms with Crippen LogP contribution < -0.4 is 21.6 Å². The lowest BCUT2D eigenvalue weighted by molar-refractivity contribution is 0.241. The first-order chi connectivity index (χ1) is 9.71. The van der Waals surface area contributed by atoms with Crippen LogP contribution >= 0.6 is 23.2 Å². The summed E-state index contributed by atoms with van der Waals surface area (Å²) >= 11 is 11.5. The van der Waals surface area contributed by atoms with E-state index < -0.39 is 6.03 Å². The van der Waals surface area contributed by atoms with E-state index >= 15 is 0 Å². The number of carbonyl (C=O) groups excluding carboxylic acids is 1. The van der Waals surface area contributed by atoms with Gasteiger partial charge < -0.3 is 4.90 Å².